The smallest absolute Gasteiger partial charge is 0.163 e. The van der Waals surface area contributed by atoms with Gasteiger partial charge in [0.1, 0.15) is 0 Å². The zero-order valence-electron chi connectivity index (χ0n) is 10.3. The number of nitrogens with one attached hydrogen (secondary N) is 1. The molecule has 0 aliphatic rings. The molecule has 3 nitrogen and oxygen atoms in total. The van der Waals surface area contributed by atoms with Crippen LogP contribution in [0, 0.1) is 11.6 Å². The molecule has 3 rings (SSSR count). The number of aromatic nitrogens is 1. The highest BCUT2D eigenvalue weighted by Crippen LogP contribution is 2.28. The molecule has 102 valence electrons. The van der Waals surface area contributed by atoms with E-state index in [1.54, 1.807) is 6.20 Å². The van der Waals surface area contributed by atoms with E-state index in [0.29, 0.717) is 5.56 Å². The van der Waals surface area contributed by atoms with Crippen LogP contribution in [0.2, 0.25) is 0 Å². The molecule has 6 heteroatoms. The summed E-state index contributed by atoms with van der Waals surface area (Å²) in [6.45, 7) is 0. The number of hydrogen-bond donors (Lipinski definition) is 2. The summed E-state index contributed by atoms with van der Waals surface area (Å²) < 4.78 is 28.2. The normalized spacial score (nSPS) is 12.8. The molecule has 20 heavy (non-hydrogen) atoms. The van der Waals surface area contributed by atoms with Crippen LogP contribution in [0.5, 0.6) is 0 Å². The summed E-state index contributed by atoms with van der Waals surface area (Å²) in [7, 11) is 0. The molecule has 0 fully saturated rings. The first-order valence-electron chi connectivity index (χ1n) is 5.94. The monoisotopic (exact) mass is 291 g/mol. The average Bonchev–Trinajstić information content (AvgIpc) is 2.92. The Morgan fingerprint density at radius 1 is 1.25 bits per heavy atom. The molecule has 3 aromatic rings. The molecule has 1 atom stereocenters. The van der Waals surface area contributed by atoms with Gasteiger partial charge in [-0.1, -0.05) is 12.1 Å². The van der Waals surface area contributed by atoms with Crippen molar-refractivity contribution < 1.29 is 8.78 Å². The number of hydrogen-bond acceptors (Lipinski definition) is 4. The average molecular weight is 291 g/mol. The molecule has 0 amide bonds. The van der Waals surface area contributed by atoms with Gasteiger partial charge in [0.2, 0.25) is 0 Å². The first-order chi connectivity index (χ1) is 9.70. The summed E-state index contributed by atoms with van der Waals surface area (Å²) in [6, 6.07) is 7.16. The predicted octanol–water partition coefficient (Wildman–Crippen LogP) is 3.13. The van der Waals surface area contributed by atoms with E-state index in [2.05, 4.69) is 10.4 Å². The van der Waals surface area contributed by atoms with Crippen LogP contribution >= 0.6 is 11.3 Å². The Morgan fingerprint density at radius 2 is 2.10 bits per heavy atom. The van der Waals surface area contributed by atoms with Crippen LogP contribution in [-0.2, 0) is 0 Å². The molecule has 0 bridgehead atoms. The van der Waals surface area contributed by atoms with E-state index in [0.717, 1.165) is 16.3 Å². The third-order valence-electron chi connectivity index (χ3n) is 3.12. The van der Waals surface area contributed by atoms with E-state index in [1.165, 1.54) is 23.5 Å². The zero-order chi connectivity index (χ0) is 14.1. The number of thiophene rings is 1. The fourth-order valence-electron chi connectivity index (χ4n) is 2.13. The maximum atomic E-state index is 13.9. The largest absolute Gasteiger partial charge is 0.271 e. The highest BCUT2D eigenvalue weighted by Gasteiger charge is 2.19. The third-order valence-corrected chi connectivity index (χ3v) is 3.97. The van der Waals surface area contributed by atoms with E-state index < -0.39 is 17.7 Å². The molecule has 0 aliphatic carbocycles. The van der Waals surface area contributed by atoms with Gasteiger partial charge in [-0.15, -0.1) is 11.3 Å². The molecule has 0 saturated carbocycles. The van der Waals surface area contributed by atoms with E-state index >= 15 is 0 Å². The molecular weight excluding hydrogens is 280 g/mol. The Hall–Kier alpha value is -1.89. The number of nitrogens with zero attached hydrogens (tertiary/aromatic N) is 1. The van der Waals surface area contributed by atoms with Crippen molar-refractivity contribution in [3.05, 3.63) is 64.7 Å². The van der Waals surface area contributed by atoms with Crippen molar-refractivity contribution in [2.24, 2.45) is 5.84 Å². The van der Waals surface area contributed by atoms with Crippen LogP contribution < -0.4 is 11.3 Å². The quantitative estimate of drug-likeness (QED) is 0.576. The molecule has 0 saturated heterocycles. The number of fused-ring (bicyclic) bond motifs is 1. The summed E-state index contributed by atoms with van der Waals surface area (Å²) in [4.78, 5) is 4.29. The molecular formula is C14H11F2N3S. The first-order valence-corrected chi connectivity index (χ1v) is 6.82. The molecule has 0 aliphatic heterocycles. The Balaban J connectivity index is 2.10. The van der Waals surface area contributed by atoms with Gasteiger partial charge in [0.15, 0.2) is 11.6 Å². The van der Waals surface area contributed by atoms with Crippen LogP contribution in [0.15, 0.2) is 41.9 Å². The lowest BCUT2D eigenvalue weighted by molar-refractivity contribution is 0.483. The molecule has 0 radical (unpaired) electrons. The summed E-state index contributed by atoms with van der Waals surface area (Å²) in [6.07, 6.45) is 1.62. The minimum atomic E-state index is -0.901. The Kier molecular flexibility index (Phi) is 3.43. The highest BCUT2D eigenvalue weighted by atomic mass is 32.1. The molecule has 1 aromatic carbocycles. The summed E-state index contributed by atoms with van der Waals surface area (Å²) in [5.41, 5.74) is 4.23. The maximum Gasteiger partial charge on any atom is 0.163 e. The lowest BCUT2D eigenvalue weighted by atomic mass is 10.00. The molecule has 2 heterocycles. The van der Waals surface area contributed by atoms with E-state index in [4.69, 9.17) is 5.84 Å². The highest BCUT2D eigenvalue weighted by molar-refractivity contribution is 7.17. The minimum absolute atomic E-state index is 0.158. The number of halogens is 2. The van der Waals surface area contributed by atoms with E-state index in [-0.39, 0.29) is 5.56 Å². The number of rotatable bonds is 3. The number of pyridine rings is 1. The van der Waals surface area contributed by atoms with Gasteiger partial charge in [0.05, 0.1) is 16.3 Å². The summed E-state index contributed by atoms with van der Waals surface area (Å²) in [5.74, 6) is 3.72. The number of benzene rings is 1. The molecule has 1 unspecified atom stereocenters. The van der Waals surface area contributed by atoms with Gasteiger partial charge in [-0.3, -0.25) is 10.8 Å². The second-order valence-corrected chi connectivity index (χ2v) is 5.26. The summed E-state index contributed by atoms with van der Waals surface area (Å²) in [5, 5.41) is 1.93. The van der Waals surface area contributed by atoms with Crippen molar-refractivity contribution in [2.45, 2.75) is 6.04 Å². The van der Waals surface area contributed by atoms with Gasteiger partial charge in [0, 0.05) is 11.8 Å². The van der Waals surface area contributed by atoms with Crippen molar-refractivity contribution in [1.82, 2.24) is 10.4 Å². The number of hydrazine groups is 1. The van der Waals surface area contributed by atoms with Crippen molar-refractivity contribution in [3.8, 4) is 0 Å². The van der Waals surface area contributed by atoms with Crippen molar-refractivity contribution in [2.75, 3.05) is 0 Å². The van der Waals surface area contributed by atoms with Crippen LogP contribution in [0.25, 0.3) is 10.2 Å². The Labute approximate surface area is 118 Å². The van der Waals surface area contributed by atoms with Gasteiger partial charge in [-0.05, 0) is 29.1 Å². The fourth-order valence-corrected chi connectivity index (χ4v) is 2.92. The maximum absolute atomic E-state index is 13.9. The van der Waals surface area contributed by atoms with Crippen molar-refractivity contribution in [3.63, 3.8) is 0 Å². The van der Waals surface area contributed by atoms with Crippen molar-refractivity contribution >= 4 is 21.6 Å². The van der Waals surface area contributed by atoms with Crippen LogP contribution in [-0.4, -0.2) is 4.98 Å². The topological polar surface area (TPSA) is 50.9 Å². The molecule has 0 spiro atoms. The zero-order valence-corrected chi connectivity index (χ0v) is 11.1. The van der Waals surface area contributed by atoms with E-state index in [9.17, 15) is 8.78 Å². The molecule has 3 N–H and O–H groups in total. The SMILES string of the molecule is NNC(c1cnc2ccsc2c1)c1cccc(F)c1F. The number of nitrogens with two attached hydrogens (primary N) is 1. The Morgan fingerprint density at radius 3 is 2.90 bits per heavy atom. The van der Waals surface area contributed by atoms with Crippen LogP contribution in [0.4, 0.5) is 8.78 Å². The lowest BCUT2D eigenvalue weighted by Gasteiger charge is -2.17. The van der Waals surface area contributed by atoms with Gasteiger partial charge in [-0.25, -0.2) is 14.2 Å². The first kappa shape index (κ1) is 13.1. The fraction of sp³-hybridized carbons (Fsp3) is 0.0714. The molecule has 2 aromatic heterocycles. The van der Waals surface area contributed by atoms with Crippen molar-refractivity contribution in [1.29, 1.82) is 0 Å². The van der Waals surface area contributed by atoms with Gasteiger partial charge in [0.25, 0.3) is 0 Å². The summed E-state index contributed by atoms with van der Waals surface area (Å²) >= 11 is 1.53. The minimum Gasteiger partial charge on any atom is -0.271 e. The van der Waals surface area contributed by atoms with Gasteiger partial charge >= 0.3 is 0 Å². The van der Waals surface area contributed by atoms with E-state index in [1.807, 2.05) is 17.5 Å². The lowest BCUT2D eigenvalue weighted by Crippen LogP contribution is -2.29. The second-order valence-electron chi connectivity index (χ2n) is 4.32. The van der Waals surface area contributed by atoms with Crippen LogP contribution in [0.1, 0.15) is 17.2 Å². The van der Waals surface area contributed by atoms with Crippen LogP contribution in [0.3, 0.4) is 0 Å². The Bertz CT molecular complexity index is 757. The second kappa shape index (κ2) is 5.24. The van der Waals surface area contributed by atoms with Gasteiger partial charge in [-0.2, -0.15) is 0 Å². The third kappa shape index (κ3) is 2.18. The van der Waals surface area contributed by atoms with Gasteiger partial charge < -0.3 is 0 Å². The standard InChI is InChI=1S/C14H11F2N3S/c15-10-3-1-2-9(13(10)16)14(19-17)8-6-12-11(18-7-8)4-5-20-12/h1-7,14,19H,17H2. The predicted molar refractivity (Wildman–Crippen MR) is 75.1 cm³/mol.